The van der Waals surface area contributed by atoms with Crippen LogP contribution in [0.15, 0.2) is 0 Å². The van der Waals surface area contributed by atoms with Gasteiger partial charge in [0, 0.05) is 25.2 Å². The van der Waals surface area contributed by atoms with Crippen molar-refractivity contribution in [1.29, 1.82) is 0 Å². The van der Waals surface area contributed by atoms with Crippen LogP contribution in [0.4, 0.5) is 4.79 Å². The first-order valence-electron chi connectivity index (χ1n) is 7.60. The highest BCUT2D eigenvalue weighted by Crippen LogP contribution is 2.21. The molecule has 0 saturated carbocycles. The number of rotatable bonds is 4. The van der Waals surface area contributed by atoms with Crippen molar-refractivity contribution in [1.82, 2.24) is 10.2 Å². The molecular weight excluding hydrogens is 272 g/mol. The number of carboxylic acid groups (broad SMARTS) is 1. The number of carbonyl (C=O) groups excluding carboxylic acids is 1. The number of nitrogens with one attached hydrogen (secondary N) is 1. The van der Waals surface area contributed by atoms with Gasteiger partial charge in [0.05, 0.1) is 5.92 Å². The molecule has 0 aromatic rings. The van der Waals surface area contributed by atoms with Crippen LogP contribution in [0.25, 0.3) is 0 Å². The molecule has 122 valence electrons. The molecule has 6 nitrogen and oxygen atoms in total. The first-order valence-corrected chi connectivity index (χ1v) is 7.60. The number of hydrogen-bond acceptors (Lipinski definition) is 4. The Bertz CT molecular complexity index is 378. The maximum absolute atomic E-state index is 12.1. The van der Waals surface area contributed by atoms with Gasteiger partial charge in [0.2, 0.25) is 0 Å². The van der Waals surface area contributed by atoms with E-state index in [1.165, 1.54) is 4.90 Å². The zero-order valence-corrected chi connectivity index (χ0v) is 13.7. The molecule has 0 aromatic heterocycles. The van der Waals surface area contributed by atoms with Crippen LogP contribution in [0.2, 0.25) is 0 Å². The fourth-order valence-electron chi connectivity index (χ4n) is 2.38. The summed E-state index contributed by atoms with van der Waals surface area (Å²) in [5, 5.41) is 12.8. The first kappa shape index (κ1) is 17.8. The quantitative estimate of drug-likeness (QED) is 0.831. The maximum Gasteiger partial charge on any atom is 0.410 e. The van der Waals surface area contributed by atoms with Crippen molar-refractivity contribution in [2.24, 2.45) is 5.92 Å². The van der Waals surface area contributed by atoms with E-state index in [1.54, 1.807) is 20.8 Å². The Balaban J connectivity index is 2.68. The molecule has 3 unspecified atom stereocenters. The lowest BCUT2D eigenvalue weighted by Gasteiger charge is -2.38. The second-order valence-corrected chi connectivity index (χ2v) is 6.74. The van der Waals surface area contributed by atoms with Gasteiger partial charge in [-0.1, -0.05) is 6.92 Å². The number of piperidine rings is 1. The van der Waals surface area contributed by atoms with Gasteiger partial charge < -0.3 is 20.1 Å². The SMILES string of the molecule is CCC(C)NC1CCN(C(=O)OC(C)(C)C)CC1C(=O)O. The Morgan fingerprint density at radius 3 is 2.52 bits per heavy atom. The third kappa shape index (κ3) is 5.53. The van der Waals surface area contributed by atoms with E-state index in [-0.39, 0.29) is 18.6 Å². The van der Waals surface area contributed by atoms with Crippen molar-refractivity contribution >= 4 is 12.1 Å². The van der Waals surface area contributed by atoms with Crippen molar-refractivity contribution in [2.75, 3.05) is 13.1 Å². The number of aliphatic carboxylic acids is 1. The Labute approximate surface area is 126 Å². The molecule has 0 aromatic carbocycles. The van der Waals surface area contributed by atoms with Crippen molar-refractivity contribution in [3.05, 3.63) is 0 Å². The van der Waals surface area contributed by atoms with Gasteiger partial charge >= 0.3 is 12.1 Å². The predicted octanol–water partition coefficient (Wildman–Crippen LogP) is 2.08. The minimum absolute atomic E-state index is 0.101. The molecule has 1 aliphatic rings. The van der Waals surface area contributed by atoms with Crippen LogP contribution in [0, 0.1) is 5.92 Å². The molecule has 1 rings (SSSR count). The molecule has 0 spiro atoms. The monoisotopic (exact) mass is 300 g/mol. The molecule has 1 amide bonds. The van der Waals surface area contributed by atoms with E-state index < -0.39 is 23.6 Å². The molecule has 0 radical (unpaired) electrons. The van der Waals surface area contributed by atoms with Gasteiger partial charge in [-0.15, -0.1) is 0 Å². The van der Waals surface area contributed by atoms with Gasteiger partial charge in [-0.05, 0) is 40.5 Å². The normalized spacial score (nSPS) is 24.5. The van der Waals surface area contributed by atoms with Crippen LogP contribution < -0.4 is 5.32 Å². The van der Waals surface area contributed by atoms with Crippen LogP contribution in [0.3, 0.4) is 0 Å². The van der Waals surface area contributed by atoms with Crippen LogP contribution in [0.5, 0.6) is 0 Å². The van der Waals surface area contributed by atoms with Crippen molar-refractivity contribution in [2.45, 2.75) is 65.1 Å². The number of likely N-dealkylation sites (tertiary alicyclic amines) is 1. The standard InChI is InChI=1S/C15H28N2O4/c1-6-10(2)16-12-7-8-17(9-11(12)13(18)19)14(20)21-15(3,4)5/h10-12,16H,6-9H2,1-5H3,(H,18,19). The van der Waals surface area contributed by atoms with Crippen molar-refractivity contribution < 1.29 is 19.4 Å². The summed E-state index contributed by atoms with van der Waals surface area (Å²) in [4.78, 5) is 25.0. The molecule has 0 bridgehead atoms. The van der Waals surface area contributed by atoms with Crippen LogP contribution in [0.1, 0.15) is 47.5 Å². The molecule has 1 heterocycles. The minimum Gasteiger partial charge on any atom is -0.481 e. The van der Waals surface area contributed by atoms with Gasteiger partial charge in [0.1, 0.15) is 5.60 Å². The third-order valence-electron chi connectivity index (χ3n) is 3.69. The minimum atomic E-state index is -0.871. The van der Waals surface area contributed by atoms with E-state index in [0.29, 0.717) is 13.0 Å². The Morgan fingerprint density at radius 2 is 2.05 bits per heavy atom. The predicted molar refractivity (Wildman–Crippen MR) is 80.2 cm³/mol. The zero-order chi connectivity index (χ0) is 16.2. The summed E-state index contributed by atoms with van der Waals surface area (Å²) in [6, 6.07) is 0.168. The third-order valence-corrected chi connectivity index (χ3v) is 3.69. The smallest absolute Gasteiger partial charge is 0.410 e. The van der Waals surface area contributed by atoms with E-state index in [0.717, 1.165) is 6.42 Å². The summed E-state index contributed by atoms with van der Waals surface area (Å²) in [5.74, 6) is -1.47. The van der Waals surface area contributed by atoms with Gasteiger partial charge in [-0.25, -0.2) is 4.79 Å². The van der Waals surface area contributed by atoms with Gasteiger partial charge in [0.15, 0.2) is 0 Å². The highest BCUT2D eigenvalue weighted by atomic mass is 16.6. The zero-order valence-electron chi connectivity index (χ0n) is 13.7. The number of carbonyl (C=O) groups is 2. The summed E-state index contributed by atoms with van der Waals surface area (Å²) in [6.07, 6.45) is 1.13. The molecule has 1 aliphatic heterocycles. The molecule has 2 N–H and O–H groups in total. The molecule has 0 aliphatic carbocycles. The highest BCUT2D eigenvalue weighted by Gasteiger charge is 2.37. The summed E-state index contributed by atoms with van der Waals surface area (Å²) in [7, 11) is 0. The number of amides is 1. The summed E-state index contributed by atoms with van der Waals surface area (Å²) < 4.78 is 5.32. The summed E-state index contributed by atoms with van der Waals surface area (Å²) in [6.45, 7) is 10.2. The molecule has 21 heavy (non-hydrogen) atoms. The number of nitrogens with zero attached hydrogens (tertiary/aromatic N) is 1. The number of carboxylic acids is 1. The van der Waals surface area contributed by atoms with E-state index >= 15 is 0 Å². The summed E-state index contributed by atoms with van der Waals surface area (Å²) in [5.41, 5.74) is -0.568. The van der Waals surface area contributed by atoms with E-state index in [1.807, 2.05) is 6.92 Å². The average molecular weight is 300 g/mol. The average Bonchev–Trinajstić information content (AvgIpc) is 2.36. The lowest BCUT2D eigenvalue weighted by Crippen LogP contribution is -2.55. The van der Waals surface area contributed by atoms with Crippen molar-refractivity contribution in [3.8, 4) is 0 Å². The number of ether oxygens (including phenoxy) is 1. The highest BCUT2D eigenvalue weighted by molar-refractivity contribution is 5.74. The lowest BCUT2D eigenvalue weighted by atomic mass is 9.91. The maximum atomic E-state index is 12.1. The second-order valence-electron chi connectivity index (χ2n) is 6.74. The van der Waals surface area contributed by atoms with Crippen LogP contribution in [-0.4, -0.2) is 52.8 Å². The van der Waals surface area contributed by atoms with E-state index in [9.17, 15) is 14.7 Å². The second kappa shape index (κ2) is 7.11. The largest absolute Gasteiger partial charge is 0.481 e. The van der Waals surface area contributed by atoms with Crippen LogP contribution in [-0.2, 0) is 9.53 Å². The molecule has 1 saturated heterocycles. The van der Waals surface area contributed by atoms with Gasteiger partial charge in [-0.2, -0.15) is 0 Å². The van der Waals surface area contributed by atoms with Gasteiger partial charge in [0.25, 0.3) is 0 Å². The lowest BCUT2D eigenvalue weighted by molar-refractivity contribution is -0.144. The van der Waals surface area contributed by atoms with E-state index in [4.69, 9.17) is 4.74 Å². The fraction of sp³-hybridized carbons (Fsp3) is 0.867. The van der Waals surface area contributed by atoms with Crippen molar-refractivity contribution in [3.63, 3.8) is 0 Å². The Morgan fingerprint density at radius 1 is 1.43 bits per heavy atom. The van der Waals surface area contributed by atoms with Crippen LogP contribution >= 0.6 is 0 Å². The first-order chi connectivity index (χ1) is 9.64. The molecule has 6 heteroatoms. The molecule has 3 atom stereocenters. The molecule has 1 fully saturated rings. The number of hydrogen-bond donors (Lipinski definition) is 2. The fourth-order valence-corrected chi connectivity index (χ4v) is 2.38. The van der Waals surface area contributed by atoms with E-state index in [2.05, 4.69) is 12.2 Å². The molecular formula is C15H28N2O4. The topological polar surface area (TPSA) is 78.9 Å². The Kier molecular flexibility index (Phi) is 6.01. The van der Waals surface area contributed by atoms with Gasteiger partial charge in [-0.3, -0.25) is 4.79 Å². The summed E-state index contributed by atoms with van der Waals surface area (Å²) >= 11 is 0. The Hall–Kier alpha value is -1.30.